The SMILES string of the molecule is CCNC(=NCC(C)(C)c1ccccc1)NCC1CCN(CC(F)(F)F)C1. The number of nitrogens with zero attached hydrogens (tertiary/aromatic N) is 2. The molecule has 0 amide bonds. The minimum absolute atomic E-state index is 0.0967. The van der Waals surface area contributed by atoms with Crippen molar-refractivity contribution in [2.45, 2.75) is 38.8 Å². The number of likely N-dealkylation sites (tertiary alicyclic amines) is 1. The van der Waals surface area contributed by atoms with Gasteiger partial charge in [-0.2, -0.15) is 13.2 Å². The van der Waals surface area contributed by atoms with E-state index < -0.39 is 12.7 Å². The highest BCUT2D eigenvalue weighted by Gasteiger charge is 2.34. The van der Waals surface area contributed by atoms with Gasteiger partial charge in [0.15, 0.2) is 5.96 Å². The summed E-state index contributed by atoms with van der Waals surface area (Å²) in [4.78, 5) is 6.18. The van der Waals surface area contributed by atoms with Gasteiger partial charge in [-0.25, -0.2) is 0 Å². The van der Waals surface area contributed by atoms with Crippen LogP contribution in [0.15, 0.2) is 35.3 Å². The Labute approximate surface area is 160 Å². The van der Waals surface area contributed by atoms with Crippen LogP contribution in [-0.4, -0.2) is 56.3 Å². The van der Waals surface area contributed by atoms with Crippen molar-refractivity contribution in [2.75, 3.05) is 39.3 Å². The summed E-state index contributed by atoms with van der Waals surface area (Å²) in [5.74, 6) is 0.925. The van der Waals surface area contributed by atoms with Crippen molar-refractivity contribution in [1.82, 2.24) is 15.5 Å². The first-order chi connectivity index (χ1) is 12.7. The van der Waals surface area contributed by atoms with Gasteiger partial charge in [0.1, 0.15) is 0 Å². The van der Waals surface area contributed by atoms with Crippen molar-refractivity contribution >= 4 is 5.96 Å². The molecule has 0 spiro atoms. The topological polar surface area (TPSA) is 39.7 Å². The average molecular weight is 384 g/mol. The molecule has 2 rings (SSSR count). The number of alkyl halides is 3. The third-order valence-corrected chi connectivity index (χ3v) is 4.86. The summed E-state index contributed by atoms with van der Waals surface area (Å²) >= 11 is 0. The summed E-state index contributed by atoms with van der Waals surface area (Å²) < 4.78 is 37.5. The second kappa shape index (κ2) is 9.44. The summed E-state index contributed by atoms with van der Waals surface area (Å²) in [6, 6.07) is 10.2. The maximum atomic E-state index is 12.5. The molecule has 2 N–H and O–H groups in total. The molecule has 1 aromatic carbocycles. The quantitative estimate of drug-likeness (QED) is 0.559. The number of rotatable bonds is 7. The normalized spacial score (nSPS) is 19.3. The van der Waals surface area contributed by atoms with Crippen LogP contribution in [0, 0.1) is 5.92 Å². The molecule has 7 heteroatoms. The van der Waals surface area contributed by atoms with E-state index in [1.807, 2.05) is 25.1 Å². The molecule has 1 saturated heterocycles. The van der Waals surface area contributed by atoms with Crippen LogP contribution < -0.4 is 10.6 Å². The van der Waals surface area contributed by atoms with Gasteiger partial charge in [0.05, 0.1) is 13.1 Å². The first-order valence-corrected chi connectivity index (χ1v) is 9.56. The van der Waals surface area contributed by atoms with Gasteiger partial charge in [-0.3, -0.25) is 9.89 Å². The minimum atomic E-state index is -4.12. The standard InChI is InChI=1S/C20H31F3N4/c1-4-24-18(26-14-19(2,3)17-8-6-5-7-9-17)25-12-16-10-11-27(13-16)15-20(21,22)23/h5-9,16H,4,10-15H2,1-3H3,(H2,24,25,26). The van der Waals surface area contributed by atoms with E-state index in [4.69, 9.17) is 4.99 Å². The molecule has 1 atom stereocenters. The second-order valence-corrected chi connectivity index (χ2v) is 7.83. The number of halogens is 3. The highest BCUT2D eigenvalue weighted by Crippen LogP contribution is 2.24. The number of aliphatic imine (C=N–C) groups is 1. The molecular weight excluding hydrogens is 353 g/mol. The minimum Gasteiger partial charge on any atom is -0.357 e. The van der Waals surface area contributed by atoms with Gasteiger partial charge in [0.2, 0.25) is 0 Å². The van der Waals surface area contributed by atoms with Crippen LogP contribution in [0.1, 0.15) is 32.8 Å². The van der Waals surface area contributed by atoms with Crippen molar-refractivity contribution in [3.8, 4) is 0 Å². The highest BCUT2D eigenvalue weighted by atomic mass is 19.4. The van der Waals surface area contributed by atoms with Gasteiger partial charge in [-0.15, -0.1) is 0 Å². The molecule has 1 aliphatic heterocycles. The zero-order valence-electron chi connectivity index (χ0n) is 16.4. The molecule has 0 radical (unpaired) electrons. The first kappa shape index (κ1) is 21.5. The van der Waals surface area contributed by atoms with E-state index in [1.54, 1.807) is 0 Å². The van der Waals surface area contributed by atoms with Crippen molar-refractivity contribution in [2.24, 2.45) is 10.9 Å². The number of benzene rings is 1. The van der Waals surface area contributed by atoms with Gasteiger partial charge in [-0.05, 0) is 31.4 Å². The highest BCUT2D eigenvalue weighted by molar-refractivity contribution is 5.79. The number of hydrogen-bond acceptors (Lipinski definition) is 2. The molecule has 0 saturated carbocycles. The average Bonchev–Trinajstić information content (AvgIpc) is 3.03. The van der Waals surface area contributed by atoms with Gasteiger partial charge in [-0.1, -0.05) is 44.2 Å². The van der Waals surface area contributed by atoms with Crippen LogP contribution in [0.2, 0.25) is 0 Å². The lowest BCUT2D eigenvalue weighted by Gasteiger charge is -2.24. The lowest BCUT2D eigenvalue weighted by Crippen LogP contribution is -2.41. The predicted molar refractivity (Wildman–Crippen MR) is 104 cm³/mol. The van der Waals surface area contributed by atoms with Gasteiger partial charge in [0, 0.05) is 25.0 Å². The Hall–Kier alpha value is -1.76. The Bertz CT molecular complexity index is 599. The van der Waals surface area contributed by atoms with Crippen LogP contribution in [0.4, 0.5) is 13.2 Å². The molecule has 0 aromatic heterocycles. The van der Waals surface area contributed by atoms with Crippen LogP contribution in [-0.2, 0) is 5.41 Å². The molecule has 1 heterocycles. The van der Waals surface area contributed by atoms with Crippen molar-refractivity contribution in [3.63, 3.8) is 0 Å². The van der Waals surface area contributed by atoms with Crippen molar-refractivity contribution < 1.29 is 13.2 Å². The lowest BCUT2D eigenvalue weighted by atomic mass is 9.85. The van der Waals surface area contributed by atoms with Crippen LogP contribution in [0.25, 0.3) is 0 Å². The Morgan fingerprint density at radius 1 is 1.19 bits per heavy atom. The Balaban J connectivity index is 1.87. The van der Waals surface area contributed by atoms with E-state index in [9.17, 15) is 13.2 Å². The van der Waals surface area contributed by atoms with E-state index in [-0.39, 0.29) is 11.3 Å². The fourth-order valence-electron chi connectivity index (χ4n) is 3.32. The Morgan fingerprint density at radius 3 is 2.52 bits per heavy atom. The second-order valence-electron chi connectivity index (χ2n) is 7.83. The van der Waals surface area contributed by atoms with E-state index in [2.05, 4.69) is 36.6 Å². The molecule has 1 fully saturated rings. The maximum absolute atomic E-state index is 12.5. The van der Waals surface area contributed by atoms with E-state index in [0.29, 0.717) is 26.2 Å². The molecule has 0 bridgehead atoms. The monoisotopic (exact) mass is 384 g/mol. The molecule has 27 heavy (non-hydrogen) atoms. The number of guanidine groups is 1. The van der Waals surface area contributed by atoms with Crippen LogP contribution >= 0.6 is 0 Å². The molecule has 1 unspecified atom stereocenters. The molecule has 1 aromatic rings. The van der Waals surface area contributed by atoms with Gasteiger partial charge < -0.3 is 10.6 Å². The maximum Gasteiger partial charge on any atom is 0.401 e. The zero-order valence-corrected chi connectivity index (χ0v) is 16.4. The van der Waals surface area contributed by atoms with Crippen molar-refractivity contribution in [1.29, 1.82) is 0 Å². The fraction of sp³-hybridized carbons (Fsp3) is 0.650. The number of hydrogen-bond donors (Lipinski definition) is 2. The van der Waals surface area contributed by atoms with Crippen LogP contribution in [0.5, 0.6) is 0 Å². The Kier molecular flexibility index (Phi) is 7.53. The molecule has 1 aliphatic rings. The summed E-state index contributed by atoms with van der Waals surface area (Å²) in [5.41, 5.74) is 1.13. The summed E-state index contributed by atoms with van der Waals surface area (Å²) in [7, 11) is 0. The third-order valence-electron chi connectivity index (χ3n) is 4.86. The third kappa shape index (κ3) is 7.40. The van der Waals surface area contributed by atoms with Gasteiger partial charge in [0.25, 0.3) is 0 Å². The fourth-order valence-corrected chi connectivity index (χ4v) is 3.32. The summed E-state index contributed by atoms with van der Waals surface area (Å²) in [5, 5.41) is 6.53. The molecule has 4 nitrogen and oxygen atoms in total. The van der Waals surface area contributed by atoms with E-state index >= 15 is 0 Å². The molecular formula is C20H31F3N4. The largest absolute Gasteiger partial charge is 0.401 e. The van der Waals surface area contributed by atoms with Crippen LogP contribution in [0.3, 0.4) is 0 Å². The lowest BCUT2D eigenvalue weighted by molar-refractivity contribution is -0.143. The first-order valence-electron chi connectivity index (χ1n) is 9.56. The molecule has 0 aliphatic carbocycles. The zero-order chi connectivity index (χ0) is 19.9. The van der Waals surface area contributed by atoms with Gasteiger partial charge >= 0.3 is 6.18 Å². The smallest absolute Gasteiger partial charge is 0.357 e. The van der Waals surface area contributed by atoms with Crippen molar-refractivity contribution in [3.05, 3.63) is 35.9 Å². The summed E-state index contributed by atoms with van der Waals surface area (Å²) in [6.07, 6.45) is -3.35. The van der Waals surface area contributed by atoms with E-state index in [1.165, 1.54) is 10.5 Å². The summed E-state index contributed by atoms with van der Waals surface area (Å²) in [6.45, 7) is 8.46. The van der Waals surface area contributed by atoms with E-state index in [0.717, 1.165) is 18.9 Å². The predicted octanol–water partition coefficient (Wildman–Crippen LogP) is 3.40. The molecule has 152 valence electrons. The Morgan fingerprint density at radius 2 is 1.89 bits per heavy atom. The number of nitrogens with one attached hydrogen (secondary N) is 2.